The molecule has 108 valence electrons. The van der Waals surface area contributed by atoms with E-state index >= 15 is 0 Å². The van der Waals surface area contributed by atoms with Crippen LogP contribution in [0.25, 0.3) is 10.1 Å². The summed E-state index contributed by atoms with van der Waals surface area (Å²) < 4.78 is 7.26. The molecule has 0 fully saturated rings. The van der Waals surface area contributed by atoms with Gasteiger partial charge < -0.3 is 10.5 Å². The summed E-state index contributed by atoms with van der Waals surface area (Å²) in [4.78, 5) is 1.21. The fourth-order valence-electron chi connectivity index (χ4n) is 2.43. The summed E-state index contributed by atoms with van der Waals surface area (Å²) in [5.41, 5.74) is 9.64. The first kappa shape index (κ1) is 14.1. The average molecular weight is 297 g/mol. The minimum absolute atomic E-state index is 0.560. The molecule has 2 N–H and O–H groups in total. The van der Waals surface area contributed by atoms with Gasteiger partial charge in [0.05, 0.1) is 0 Å². The summed E-state index contributed by atoms with van der Waals surface area (Å²) in [5.74, 6) is 0.913. The third-order valence-corrected chi connectivity index (χ3v) is 5.06. The van der Waals surface area contributed by atoms with Crippen LogP contribution < -0.4 is 10.5 Å². The van der Waals surface area contributed by atoms with Crippen molar-refractivity contribution in [1.82, 2.24) is 0 Å². The molecular formula is C18H19NOS. The Bertz CT molecular complexity index is 776. The Balaban J connectivity index is 1.89. The second kappa shape index (κ2) is 5.88. The van der Waals surface area contributed by atoms with Crippen molar-refractivity contribution < 1.29 is 4.74 Å². The molecule has 0 aliphatic carbocycles. The van der Waals surface area contributed by atoms with E-state index in [1.165, 1.54) is 31.7 Å². The van der Waals surface area contributed by atoms with Crippen LogP contribution in [-0.2, 0) is 13.2 Å². The molecule has 0 saturated carbocycles. The molecule has 1 aromatic heterocycles. The second-order valence-electron chi connectivity index (χ2n) is 5.24. The van der Waals surface area contributed by atoms with Crippen LogP contribution in [0.15, 0.2) is 42.5 Å². The van der Waals surface area contributed by atoms with E-state index in [-0.39, 0.29) is 0 Å². The average Bonchev–Trinajstić information content (AvgIpc) is 2.86. The molecular weight excluding hydrogens is 278 g/mol. The van der Waals surface area contributed by atoms with E-state index < -0.39 is 0 Å². The number of thiophene rings is 1. The fourth-order valence-corrected chi connectivity index (χ4v) is 3.52. The van der Waals surface area contributed by atoms with E-state index in [0.29, 0.717) is 13.2 Å². The largest absolute Gasteiger partial charge is 0.489 e. The number of hydrogen-bond acceptors (Lipinski definition) is 3. The first-order chi connectivity index (χ1) is 10.2. The standard InChI is InChI=1S/C18H19NOS/c1-12-7-8-14(9-13(12)2)20-11-16-15-5-3-4-6-17(15)21-18(16)10-19/h3-9H,10-11,19H2,1-2H3. The first-order valence-corrected chi connectivity index (χ1v) is 7.90. The molecule has 0 atom stereocenters. The van der Waals surface area contributed by atoms with Gasteiger partial charge in [0, 0.05) is 21.7 Å². The van der Waals surface area contributed by atoms with Crippen LogP contribution in [0.3, 0.4) is 0 Å². The Hall–Kier alpha value is -1.84. The van der Waals surface area contributed by atoms with Crippen molar-refractivity contribution in [3.63, 3.8) is 0 Å². The van der Waals surface area contributed by atoms with Crippen LogP contribution in [0, 0.1) is 13.8 Å². The predicted molar refractivity (Wildman–Crippen MR) is 90.0 cm³/mol. The summed E-state index contributed by atoms with van der Waals surface area (Å²) >= 11 is 1.76. The van der Waals surface area contributed by atoms with Gasteiger partial charge in [-0.1, -0.05) is 24.3 Å². The molecule has 2 aromatic carbocycles. The predicted octanol–water partition coefficient (Wildman–Crippen LogP) is 4.56. The summed E-state index contributed by atoms with van der Waals surface area (Å²) in [6, 6.07) is 14.6. The maximum atomic E-state index is 5.99. The Kier molecular flexibility index (Phi) is 3.95. The molecule has 0 aliphatic rings. The van der Waals surface area contributed by atoms with Gasteiger partial charge in [-0.3, -0.25) is 0 Å². The number of nitrogens with two attached hydrogens (primary N) is 1. The highest BCUT2D eigenvalue weighted by molar-refractivity contribution is 7.19. The van der Waals surface area contributed by atoms with E-state index in [1.807, 2.05) is 6.07 Å². The number of rotatable bonds is 4. The summed E-state index contributed by atoms with van der Waals surface area (Å²) in [6.45, 7) is 5.34. The summed E-state index contributed by atoms with van der Waals surface area (Å²) in [6.07, 6.45) is 0. The first-order valence-electron chi connectivity index (χ1n) is 7.08. The van der Waals surface area contributed by atoms with Crippen molar-refractivity contribution >= 4 is 21.4 Å². The van der Waals surface area contributed by atoms with Crippen molar-refractivity contribution in [2.45, 2.75) is 27.0 Å². The Morgan fingerprint density at radius 1 is 1.05 bits per heavy atom. The summed E-state index contributed by atoms with van der Waals surface area (Å²) in [5, 5.41) is 1.26. The van der Waals surface area contributed by atoms with Crippen molar-refractivity contribution in [3.05, 3.63) is 64.0 Å². The molecule has 1 heterocycles. The van der Waals surface area contributed by atoms with Gasteiger partial charge in [-0.15, -0.1) is 11.3 Å². The van der Waals surface area contributed by atoms with Crippen LogP contribution in [0.5, 0.6) is 5.75 Å². The van der Waals surface area contributed by atoms with Gasteiger partial charge in [-0.05, 0) is 48.6 Å². The number of ether oxygens (including phenoxy) is 1. The highest BCUT2D eigenvalue weighted by Crippen LogP contribution is 2.32. The lowest BCUT2D eigenvalue weighted by Gasteiger charge is -2.09. The minimum Gasteiger partial charge on any atom is -0.489 e. The van der Waals surface area contributed by atoms with E-state index in [1.54, 1.807) is 11.3 Å². The molecule has 0 spiro atoms. The van der Waals surface area contributed by atoms with Crippen molar-refractivity contribution in [3.8, 4) is 5.75 Å². The second-order valence-corrected chi connectivity index (χ2v) is 6.38. The van der Waals surface area contributed by atoms with Crippen molar-refractivity contribution in [2.75, 3.05) is 0 Å². The molecule has 2 nitrogen and oxygen atoms in total. The third-order valence-electron chi connectivity index (χ3n) is 3.83. The van der Waals surface area contributed by atoms with Gasteiger partial charge in [0.1, 0.15) is 12.4 Å². The Labute approximate surface area is 129 Å². The quantitative estimate of drug-likeness (QED) is 0.766. The van der Waals surface area contributed by atoms with Gasteiger partial charge in [0.15, 0.2) is 0 Å². The maximum absolute atomic E-state index is 5.99. The topological polar surface area (TPSA) is 35.2 Å². The van der Waals surface area contributed by atoms with E-state index in [4.69, 9.17) is 10.5 Å². The van der Waals surface area contributed by atoms with Gasteiger partial charge in [-0.25, -0.2) is 0 Å². The number of hydrogen-bond donors (Lipinski definition) is 1. The number of fused-ring (bicyclic) bond motifs is 1. The van der Waals surface area contributed by atoms with Gasteiger partial charge >= 0.3 is 0 Å². The molecule has 0 amide bonds. The molecule has 3 aromatic rings. The molecule has 0 bridgehead atoms. The van der Waals surface area contributed by atoms with Crippen LogP contribution in [0.1, 0.15) is 21.6 Å². The molecule has 21 heavy (non-hydrogen) atoms. The van der Waals surface area contributed by atoms with Crippen LogP contribution in [-0.4, -0.2) is 0 Å². The monoisotopic (exact) mass is 297 g/mol. The van der Waals surface area contributed by atoms with Gasteiger partial charge in [-0.2, -0.15) is 0 Å². The van der Waals surface area contributed by atoms with Crippen LogP contribution in [0.4, 0.5) is 0 Å². The fraction of sp³-hybridized carbons (Fsp3) is 0.222. The lowest BCUT2D eigenvalue weighted by molar-refractivity contribution is 0.307. The normalized spacial score (nSPS) is 11.0. The van der Waals surface area contributed by atoms with E-state index in [0.717, 1.165) is 5.75 Å². The zero-order valence-electron chi connectivity index (χ0n) is 12.3. The number of aryl methyl sites for hydroxylation is 2. The zero-order chi connectivity index (χ0) is 14.8. The SMILES string of the molecule is Cc1ccc(OCc2c(CN)sc3ccccc23)cc1C. The lowest BCUT2D eigenvalue weighted by Crippen LogP contribution is -2.02. The van der Waals surface area contributed by atoms with Gasteiger partial charge in [0.2, 0.25) is 0 Å². The number of benzene rings is 2. The minimum atomic E-state index is 0.560. The van der Waals surface area contributed by atoms with Gasteiger partial charge in [0.25, 0.3) is 0 Å². The third kappa shape index (κ3) is 2.80. The van der Waals surface area contributed by atoms with Crippen molar-refractivity contribution in [1.29, 1.82) is 0 Å². The molecule has 0 unspecified atom stereocenters. The molecule has 3 rings (SSSR count). The van der Waals surface area contributed by atoms with Crippen molar-refractivity contribution in [2.24, 2.45) is 5.73 Å². The molecule has 0 aliphatic heterocycles. The molecule has 3 heteroatoms. The molecule has 0 saturated heterocycles. The Morgan fingerprint density at radius 3 is 2.62 bits per heavy atom. The highest BCUT2D eigenvalue weighted by Gasteiger charge is 2.11. The smallest absolute Gasteiger partial charge is 0.120 e. The Morgan fingerprint density at radius 2 is 1.86 bits per heavy atom. The summed E-state index contributed by atoms with van der Waals surface area (Å²) in [7, 11) is 0. The van der Waals surface area contributed by atoms with Crippen LogP contribution in [0.2, 0.25) is 0 Å². The van der Waals surface area contributed by atoms with E-state index in [9.17, 15) is 0 Å². The van der Waals surface area contributed by atoms with Crippen LogP contribution >= 0.6 is 11.3 Å². The zero-order valence-corrected chi connectivity index (χ0v) is 13.2. The molecule has 0 radical (unpaired) electrons. The lowest BCUT2D eigenvalue weighted by atomic mass is 10.1. The highest BCUT2D eigenvalue weighted by atomic mass is 32.1. The van der Waals surface area contributed by atoms with E-state index in [2.05, 4.69) is 50.2 Å². The maximum Gasteiger partial charge on any atom is 0.120 e.